The summed E-state index contributed by atoms with van der Waals surface area (Å²) in [5.74, 6) is 0.779. The summed E-state index contributed by atoms with van der Waals surface area (Å²) in [6.45, 7) is 10.5. The average molecular weight is 291 g/mol. The Labute approximate surface area is 128 Å². The van der Waals surface area contributed by atoms with Crippen LogP contribution in [0.2, 0.25) is 0 Å². The lowest BCUT2D eigenvalue weighted by molar-refractivity contribution is 0.231. The van der Waals surface area contributed by atoms with Crippen molar-refractivity contribution in [2.45, 2.75) is 46.1 Å². The second-order valence-corrected chi connectivity index (χ2v) is 5.73. The van der Waals surface area contributed by atoms with Crippen molar-refractivity contribution in [1.82, 2.24) is 15.2 Å². The fourth-order valence-electron chi connectivity index (χ4n) is 2.67. The Balaban J connectivity index is 1.85. The van der Waals surface area contributed by atoms with Gasteiger partial charge in [-0.1, -0.05) is 13.8 Å². The molecule has 1 N–H and O–H groups in total. The number of rotatable bonds is 9. The molecule has 1 aliphatic rings. The van der Waals surface area contributed by atoms with Gasteiger partial charge in [0.1, 0.15) is 6.61 Å². The third-order valence-electron chi connectivity index (χ3n) is 3.89. The first kappa shape index (κ1) is 16.2. The molecular formula is C17H29N3O. The fraction of sp³-hybridized carbons (Fsp3) is 0.706. The largest absolute Gasteiger partial charge is 0.476 e. The molecule has 1 aliphatic heterocycles. The number of nitrogens with one attached hydrogen (secondary N) is 1. The Hall–Kier alpha value is -1.13. The zero-order valence-corrected chi connectivity index (χ0v) is 13.5. The first-order valence-electron chi connectivity index (χ1n) is 8.37. The third kappa shape index (κ3) is 5.64. The molecule has 0 unspecified atom stereocenters. The van der Waals surface area contributed by atoms with Crippen molar-refractivity contribution < 1.29 is 4.74 Å². The van der Waals surface area contributed by atoms with Gasteiger partial charge in [0.25, 0.3) is 0 Å². The minimum absolute atomic E-state index is 0.738. The highest BCUT2D eigenvalue weighted by molar-refractivity contribution is 5.25. The maximum Gasteiger partial charge on any atom is 0.213 e. The van der Waals surface area contributed by atoms with Gasteiger partial charge in [-0.05, 0) is 56.9 Å². The van der Waals surface area contributed by atoms with Gasteiger partial charge in [0, 0.05) is 24.8 Å². The number of nitrogens with zero attached hydrogens (tertiary/aromatic N) is 2. The van der Waals surface area contributed by atoms with Gasteiger partial charge in [-0.3, -0.25) is 4.90 Å². The molecule has 0 aliphatic carbocycles. The van der Waals surface area contributed by atoms with E-state index in [0.29, 0.717) is 0 Å². The van der Waals surface area contributed by atoms with Gasteiger partial charge in [-0.2, -0.15) is 0 Å². The van der Waals surface area contributed by atoms with Crippen molar-refractivity contribution in [2.24, 2.45) is 0 Å². The van der Waals surface area contributed by atoms with Crippen molar-refractivity contribution in [3.63, 3.8) is 0 Å². The second kappa shape index (κ2) is 9.00. The average Bonchev–Trinajstić information content (AvgIpc) is 3.01. The molecule has 4 heteroatoms. The lowest BCUT2D eigenvalue weighted by Gasteiger charge is -2.15. The minimum Gasteiger partial charge on any atom is -0.476 e. The Bertz CT molecular complexity index is 416. The van der Waals surface area contributed by atoms with Crippen LogP contribution < -0.4 is 10.1 Å². The van der Waals surface area contributed by atoms with Gasteiger partial charge in [-0.15, -0.1) is 0 Å². The van der Waals surface area contributed by atoms with Crippen LogP contribution in [0.5, 0.6) is 5.88 Å². The maximum atomic E-state index is 5.88. The van der Waals surface area contributed by atoms with Crippen LogP contribution in [0.4, 0.5) is 0 Å². The van der Waals surface area contributed by atoms with E-state index in [9.17, 15) is 0 Å². The SMILES string of the molecule is CCCNCc1cc(CC)nc(OCCN2CCCC2)c1. The normalized spacial score (nSPS) is 15.5. The monoisotopic (exact) mass is 291 g/mol. The van der Waals surface area contributed by atoms with Crippen LogP contribution in [0.3, 0.4) is 0 Å². The summed E-state index contributed by atoms with van der Waals surface area (Å²) >= 11 is 0. The van der Waals surface area contributed by atoms with E-state index in [4.69, 9.17) is 4.74 Å². The molecule has 0 atom stereocenters. The first-order chi connectivity index (χ1) is 10.3. The van der Waals surface area contributed by atoms with Crippen LogP contribution in [0.25, 0.3) is 0 Å². The number of ether oxygens (including phenoxy) is 1. The van der Waals surface area contributed by atoms with Crippen molar-refractivity contribution in [2.75, 3.05) is 32.8 Å². The van der Waals surface area contributed by atoms with Gasteiger partial charge in [0.05, 0.1) is 0 Å². The van der Waals surface area contributed by atoms with Gasteiger partial charge in [0.15, 0.2) is 0 Å². The van der Waals surface area contributed by atoms with E-state index in [1.54, 1.807) is 0 Å². The highest BCUT2D eigenvalue weighted by Gasteiger charge is 2.11. The molecule has 4 nitrogen and oxygen atoms in total. The topological polar surface area (TPSA) is 37.4 Å². The maximum absolute atomic E-state index is 5.88. The highest BCUT2D eigenvalue weighted by atomic mass is 16.5. The summed E-state index contributed by atoms with van der Waals surface area (Å²) in [6.07, 6.45) is 4.77. The van der Waals surface area contributed by atoms with E-state index in [1.165, 1.54) is 31.5 Å². The van der Waals surface area contributed by atoms with E-state index in [2.05, 4.69) is 41.2 Å². The van der Waals surface area contributed by atoms with Crippen molar-refractivity contribution in [3.05, 3.63) is 23.4 Å². The van der Waals surface area contributed by atoms with Gasteiger partial charge >= 0.3 is 0 Å². The molecule has 1 fully saturated rings. The fourth-order valence-corrected chi connectivity index (χ4v) is 2.67. The van der Waals surface area contributed by atoms with E-state index in [-0.39, 0.29) is 0 Å². The number of aryl methyl sites for hydroxylation is 1. The minimum atomic E-state index is 0.738. The van der Waals surface area contributed by atoms with Crippen LogP contribution in [0.15, 0.2) is 12.1 Å². The molecule has 1 saturated heterocycles. The summed E-state index contributed by atoms with van der Waals surface area (Å²) in [7, 11) is 0. The highest BCUT2D eigenvalue weighted by Crippen LogP contribution is 2.14. The first-order valence-corrected chi connectivity index (χ1v) is 8.37. The summed E-state index contributed by atoms with van der Waals surface area (Å²) < 4.78 is 5.88. The third-order valence-corrected chi connectivity index (χ3v) is 3.89. The Morgan fingerprint density at radius 2 is 2.05 bits per heavy atom. The molecule has 1 aromatic heterocycles. The number of likely N-dealkylation sites (tertiary alicyclic amines) is 1. The molecule has 0 bridgehead atoms. The molecule has 118 valence electrons. The van der Waals surface area contributed by atoms with Crippen molar-refractivity contribution >= 4 is 0 Å². The van der Waals surface area contributed by atoms with Crippen LogP contribution in [0, 0.1) is 0 Å². The molecule has 0 spiro atoms. The zero-order valence-electron chi connectivity index (χ0n) is 13.5. The molecule has 0 radical (unpaired) electrons. The van der Waals surface area contributed by atoms with Crippen LogP contribution in [-0.2, 0) is 13.0 Å². The number of hydrogen-bond acceptors (Lipinski definition) is 4. The lowest BCUT2D eigenvalue weighted by Crippen LogP contribution is -2.25. The predicted molar refractivity (Wildman–Crippen MR) is 86.8 cm³/mol. The molecular weight excluding hydrogens is 262 g/mol. The summed E-state index contributed by atoms with van der Waals surface area (Å²) in [5, 5.41) is 3.44. The second-order valence-electron chi connectivity index (χ2n) is 5.73. The number of aromatic nitrogens is 1. The molecule has 2 rings (SSSR count). The molecule has 0 saturated carbocycles. The van der Waals surface area contributed by atoms with Gasteiger partial charge in [0.2, 0.25) is 5.88 Å². The molecule has 0 aromatic carbocycles. The van der Waals surface area contributed by atoms with Crippen LogP contribution in [0.1, 0.15) is 44.4 Å². The Morgan fingerprint density at radius 1 is 1.24 bits per heavy atom. The molecule has 21 heavy (non-hydrogen) atoms. The number of hydrogen-bond donors (Lipinski definition) is 1. The Kier molecular flexibility index (Phi) is 6.96. The summed E-state index contributed by atoms with van der Waals surface area (Å²) in [6, 6.07) is 4.25. The van der Waals surface area contributed by atoms with Crippen LogP contribution in [-0.4, -0.2) is 42.7 Å². The number of pyridine rings is 1. The van der Waals surface area contributed by atoms with E-state index in [0.717, 1.165) is 50.7 Å². The summed E-state index contributed by atoms with van der Waals surface area (Å²) in [4.78, 5) is 7.04. The van der Waals surface area contributed by atoms with Crippen molar-refractivity contribution in [3.8, 4) is 5.88 Å². The van der Waals surface area contributed by atoms with Gasteiger partial charge in [-0.25, -0.2) is 4.98 Å². The van der Waals surface area contributed by atoms with Gasteiger partial charge < -0.3 is 10.1 Å². The smallest absolute Gasteiger partial charge is 0.213 e. The molecule has 1 aromatic rings. The molecule has 2 heterocycles. The zero-order chi connectivity index (χ0) is 14.9. The lowest BCUT2D eigenvalue weighted by atomic mass is 10.2. The quantitative estimate of drug-likeness (QED) is 0.710. The van der Waals surface area contributed by atoms with E-state index < -0.39 is 0 Å². The van der Waals surface area contributed by atoms with E-state index in [1.807, 2.05) is 0 Å². The standard InChI is InChI=1S/C17H29N3O/c1-3-7-18-14-15-12-16(4-2)19-17(13-15)21-11-10-20-8-5-6-9-20/h12-13,18H,3-11,14H2,1-2H3. The van der Waals surface area contributed by atoms with E-state index >= 15 is 0 Å². The molecule has 0 amide bonds. The summed E-state index contributed by atoms with van der Waals surface area (Å²) in [5.41, 5.74) is 2.38. The van der Waals surface area contributed by atoms with Crippen LogP contribution >= 0.6 is 0 Å². The predicted octanol–water partition coefficient (Wildman–Crippen LogP) is 2.62. The Morgan fingerprint density at radius 3 is 2.76 bits per heavy atom. The van der Waals surface area contributed by atoms with Crippen molar-refractivity contribution in [1.29, 1.82) is 0 Å².